The van der Waals surface area contributed by atoms with Gasteiger partial charge in [-0.15, -0.1) is 0 Å². The molecule has 0 aromatic carbocycles. The summed E-state index contributed by atoms with van der Waals surface area (Å²) in [6.07, 6.45) is 0.791. The Bertz CT molecular complexity index is 229. The van der Waals surface area contributed by atoms with E-state index in [9.17, 15) is 9.59 Å². The topological polar surface area (TPSA) is 72.6 Å². The normalized spacial score (nSPS) is 28.8. The van der Waals surface area contributed by atoms with Crippen molar-refractivity contribution in [2.24, 2.45) is 5.73 Å². The summed E-state index contributed by atoms with van der Waals surface area (Å²) in [5.74, 6) is -0.500. The van der Waals surface area contributed by atoms with Gasteiger partial charge in [0.2, 0.25) is 5.91 Å². The molecule has 13 heavy (non-hydrogen) atoms. The van der Waals surface area contributed by atoms with Crippen LogP contribution in [0.4, 0.5) is 0 Å². The predicted octanol–water partition coefficient (Wildman–Crippen LogP) is -0.892. The van der Waals surface area contributed by atoms with Gasteiger partial charge < -0.3 is 15.4 Å². The molecule has 1 aliphatic heterocycles. The number of likely N-dealkylation sites (tertiary alicyclic amines) is 1. The third-order valence-corrected chi connectivity index (χ3v) is 2.30. The van der Waals surface area contributed by atoms with Crippen molar-refractivity contribution >= 4 is 11.9 Å². The summed E-state index contributed by atoms with van der Waals surface area (Å²) in [4.78, 5) is 23.9. The van der Waals surface area contributed by atoms with Crippen LogP contribution in [0.25, 0.3) is 0 Å². The highest BCUT2D eigenvalue weighted by molar-refractivity contribution is 5.86. The molecule has 5 heteroatoms. The highest BCUT2D eigenvalue weighted by atomic mass is 16.5. The number of rotatable bonds is 1. The van der Waals surface area contributed by atoms with Gasteiger partial charge in [-0.3, -0.25) is 4.79 Å². The Morgan fingerprint density at radius 1 is 1.69 bits per heavy atom. The van der Waals surface area contributed by atoms with E-state index in [2.05, 4.69) is 4.74 Å². The lowest BCUT2D eigenvalue weighted by Gasteiger charge is -2.33. The predicted molar refractivity (Wildman–Crippen MR) is 45.8 cm³/mol. The Morgan fingerprint density at radius 3 is 2.85 bits per heavy atom. The number of methoxy groups -OCH3 is 1. The van der Waals surface area contributed by atoms with Gasteiger partial charge in [-0.1, -0.05) is 0 Å². The molecule has 1 heterocycles. The van der Waals surface area contributed by atoms with Crippen LogP contribution in [0.2, 0.25) is 0 Å². The number of nitrogens with zero attached hydrogens (tertiary/aromatic N) is 1. The van der Waals surface area contributed by atoms with Gasteiger partial charge in [0.05, 0.1) is 7.11 Å². The summed E-state index contributed by atoms with van der Waals surface area (Å²) in [6, 6.07) is -0.742. The minimum Gasteiger partial charge on any atom is -0.467 e. The molecule has 0 spiro atoms. The number of carbonyl (C=O) groups excluding carboxylic acids is 2. The average Bonchev–Trinajstić information content (AvgIpc) is 2.10. The molecular weight excluding hydrogens is 172 g/mol. The third-order valence-electron chi connectivity index (χ3n) is 2.30. The van der Waals surface area contributed by atoms with E-state index < -0.39 is 12.0 Å². The van der Waals surface area contributed by atoms with E-state index in [1.165, 1.54) is 12.0 Å². The maximum Gasteiger partial charge on any atom is 0.328 e. The van der Waals surface area contributed by atoms with Crippen molar-refractivity contribution in [3.63, 3.8) is 0 Å². The summed E-state index contributed by atoms with van der Waals surface area (Å²) in [5.41, 5.74) is 5.61. The largest absolute Gasteiger partial charge is 0.467 e. The number of esters is 1. The molecule has 0 radical (unpaired) electrons. The van der Waals surface area contributed by atoms with Crippen LogP contribution in [-0.4, -0.2) is 43.0 Å². The SMILES string of the molecule is COC(=O)C1CC(N)CC(=O)N1C. The lowest BCUT2D eigenvalue weighted by atomic mass is 9.98. The fourth-order valence-corrected chi connectivity index (χ4v) is 1.46. The van der Waals surface area contributed by atoms with Crippen molar-refractivity contribution in [2.75, 3.05) is 14.2 Å². The molecule has 0 aromatic heterocycles. The van der Waals surface area contributed by atoms with E-state index in [1.54, 1.807) is 7.05 Å². The molecule has 74 valence electrons. The first-order valence-electron chi connectivity index (χ1n) is 4.15. The number of likely N-dealkylation sites (N-methyl/N-ethyl adjacent to an activating group) is 1. The third kappa shape index (κ3) is 1.98. The first-order valence-corrected chi connectivity index (χ1v) is 4.15. The van der Waals surface area contributed by atoms with Crippen molar-refractivity contribution < 1.29 is 14.3 Å². The van der Waals surface area contributed by atoms with Crippen LogP contribution < -0.4 is 5.73 Å². The van der Waals surface area contributed by atoms with Crippen molar-refractivity contribution in [2.45, 2.75) is 24.9 Å². The Kier molecular flexibility index (Phi) is 2.87. The maximum atomic E-state index is 11.3. The number of ether oxygens (including phenoxy) is 1. The van der Waals surface area contributed by atoms with Gasteiger partial charge >= 0.3 is 5.97 Å². The number of carbonyl (C=O) groups is 2. The van der Waals surface area contributed by atoms with E-state index >= 15 is 0 Å². The smallest absolute Gasteiger partial charge is 0.328 e. The summed E-state index contributed by atoms with van der Waals surface area (Å²) in [5, 5.41) is 0. The second kappa shape index (κ2) is 3.74. The standard InChI is InChI=1S/C8H14N2O3/c1-10-6(8(12)13-2)3-5(9)4-7(10)11/h5-6H,3-4,9H2,1-2H3. The highest BCUT2D eigenvalue weighted by Crippen LogP contribution is 2.16. The molecule has 0 saturated carbocycles. The second-order valence-electron chi connectivity index (χ2n) is 3.24. The first-order chi connectivity index (χ1) is 6.06. The lowest BCUT2D eigenvalue weighted by Crippen LogP contribution is -2.52. The molecular formula is C8H14N2O3. The summed E-state index contributed by atoms with van der Waals surface area (Å²) >= 11 is 0. The molecule has 0 aromatic rings. The quantitative estimate of drug-likeness (QED) is 0.539. The number of amides is 1. The Hall–Kier alpha value is -1.10. The number of hydrogen-bond acceptors (Lipinski definition) is 4. The molecule has 0 bridgehead atoms. The minimum absolute atomic E-state index is 0.103. The van der Waals surface area contributed by atoms with Crippen LogP contribution in [0.5, 0.6) is 0 Å². The zero-order valence-corrected chi connectivity index (χ0v) is 7.82. The molecule has 1 fully saturated rings. The van der Waals surface area contributed by atoms with Crippen LogP contribution in [-0.2, 0) is 14.3 Å². The van der Waals surface area contributed by atoms with Crippen LogP contribution in [0.1, 0.15) is 12.8 Å². The fraction of sp³-hybridized carbons (Fsp3) is 0.750. The highest BCUT2D eigenvalue weighted by Gasteiger charge is 2.34. The first kappa shape index (κ1) is 9.98. The minimum atomic E-state index is -0.513. The van der Waals surface area contributed by atoms with E-state index in [0.717, 1.165) is 0 Å². The molecule has 0 aliphatic carbocycles. The van der Waals surface area contributed by atoms with Gasteiger partial charge in [-0.2, -0.15) is 0 Å². The molecule has 1 aliphatic rings. The molecule has 2 atom stereocenters. The monoisotopic (exact) mass is 186 g/mol. The molecule has 1 rings (SSSR count). The second-order valence-corrected chi connectivity index (χ2v) is 3.24. The summed E-state index contributed by atoms with van der Waals surface area (Å²) in [7, 11) is 2.90. The summed E-state index contributed by atoms with van der Waals surface area (Å²) < 4.78 is 4.57. The number of hydrogen-bond donors (Lipinski definition) is 1. The molecule has 1 saturated heterocycles. The fourth-order valence-electron chi connectivity index (χ4n) is 1.46. The van der Waals surface area contributed by atoms with Gasteiger partial charge in [0, 0.05) is 19.5 Å². The van der Waals surface area contributed by atoms with Gasteiger partial charge in [0.15, 0.2) is 0 Å². The van der Waals surface area contributed by atoms with Crippen LogP contribution in [0, 0.1) is 0 Å². The lowest BCUT2D eigenvalue weighted by molar-refractivity contribution is -0.154. The number of nitrogens with two attached hydrogens (primary N) is 1. The Balaban J connectivity index is 2.71. The van der Waals surface area contributed by atoms with Gasteiger partial charge in [0.25, 0.3) is 0 Å². The Labute approximate surface area is 76.8 Å². The average molecular weight is 186 g/mol. The van der Waals surface area contributed by atoms with Crippen molar-refractivity contribution in [1.82, 2.24) is 4.90 Å². The van der Waals surface area contributed by atoms with Gasteiger partial charge in [0.1, 0.15) is 6.04 Å². The van der Waals surface area contributed by atoms with Crippen LogP contribution in [0.3, 0.4) is 0 Å². The van der Waals surface area contributed by atoms with E-state index in [4.69, 9.17) is 5.73 Å². The zero-order valence-electron chi connectivity index (χ0n) is 7.82. The van der Waals surface area contributed by atoms with Crippen LogP contribution in [0.15, 0.2) is 0 Å². The molecule has 5 nitrogen and oxygen atoms in total. The number of piperidine rings is 1. The van der Waals surface area contributed by atoms with E-state index in [0.29, 0.717) is 12.8 Å². The van der Waals surface area contributed by atoms with Crippen molar-refractivity contribution in [3.05, 3.63) is 0 Å². The van der Waals surface area contributed by atoms with Crippen molar-refractivity contribution in [3.8, 4) is 0 Å². The summed E-state index contributed by atoms with van der Waals surface area (Å²) in [6.45, 7) is 0. The maximum absolute atomic E-state index is 11.3. The van der Waals surface area contributed by atoms with Gasteiger partial charge in [-0.25, -0.2) is 4.79 Å². The van der Waals surface area contributed by atoms with Crippen LogP contribution >= 0.6 is 0 Å². The van der Waals surface area contributed by atoms with Gasteiger partial charge in [-0.05, 0) is 6.42 Å². The molecule has 2 unspecified atom stereocenters. The molecule has 2 N–H and O–H groups in total. The zero-order chi connectivity index (χ0) is 10.0. The van der Waals surface area contributed by atoms with Crippen molar-refractivity contribution in [1.29, 1.82) is 0 Å². The molecule has 1 amide bonds. The Morgan fingerprint density at radius 2 is 2.31 bits per heavy atom. The van der Waals surface area contributed by atoms with E-state index in [-0.39, 0.29) is 11.9 Å². The van der Waals surface area contributed by atoms with E-state index in [1.807, 2.05) is 0 Å².